The minimum Gasteiger partial charge on any atom is -0.393 e. The van der Waals surface area contributed by atoms with Crippen molar-refractivity contribution in [1.29, 1.82) is 0 Å². The molecule has 0 saturated heterocycles. The Labute approximate surface area is 167 Å². The van der Waals surface area contributed by atoms with Crippen LogP contribution >= 0.6 is 11.3 Å². The number of aromatic nitrogens is 3. The molecule has 6 nitrogen and oxygen atoms in total. The number of rotatable bonds is 3. The Morgan fingerprint density at radius 3 is 2.86 bits per heavy atom. The fraction of sp³-hybridized carbons (Fsp3) is 0.190. The third-order valence-corrected chi connectivity index (χ3v) is 6.00. The predicted molar refractivity (Wildman–Crippen MR) is 115 cm³/mol. The molecular formula is C21H20N6S. The molecule has 0 unspecified atom stereocenters. The molecular weight excluding hydrogens is 368 g/mol. The van der Waals surface area contributed by atoms with Gasteiger partial charge in [0.2, 0.25) is 0 Å². The fourth-order valence-electron chi connectivity index (χ4n) is 3.60. The standard InChI is InChI=1S/C21H20N6S/c1-13-6-7-16-17(10-13)28-21(25-16)26-19-18(22)20(24-12-23-19)27-9-8-14-4-2-3-5-15(14)11-27/h2-7,10,12H,8-9,11,22H2,1H3,(H,23,24,25,26). The average Bonchev–Trinajstić information content (AvgIpc) is 3.10. The molecule has 2 aromatic carbocycles. The van der Waals surface area contributed by atoms with Gasteiger partial charge < -0.3 is 16.0 Å². The number of aryl methyl sites for hydroxylation is 1. The summed E-state index contributed by atoms with van der Waals surface area (Å²) < 4.78 is 1.14. The second-order valence-electron chi connectivity index (χ2n) is 7.02. The molecule has 0 fully saturated rings. The van der Waals surface area contributed by atoms with Crippen LogP contribution in [0.25, 0.3) is 10.2 Å². The zero-order valence-corrected chi connectivity index (χ0v) is 16.3. The number of hydrogen-bond acceptors (Lipinski definition) is 7. The van der Waals surface area contributed by atoms with Crippen LogP contribution in [0.2, 0.25) is 0 Å². The predicted octanol–water partition coefficient (Wildman–Crippen LogP) is 4.28. The highest BCUT2D eigenvalue weighted by atomic mass is 32.1. The van der Waals surface area contributed by atoms with Crippen LogP contribution in [0.4, 0.5) is 22.5 Å². The summed E-state index contributed by atoms with van der Waals surface area (Å²) in [5.41, 5.74) is 11.9. The maximum Gasteiger partial charge on any atom is 0.189 e. The summed E-state index contributed by atoms with van der Waals surface area (Å²) in [6.07, 6.45) is 2.55. The summed E-state index contributed by atoms with van der Waals surface area (Å²) in [5, 5.41) is 4.06. The van der Waals surface area contributed by atoms with Crippen LogP contribution in [0.15, 0.2) is 48.8 Å². The van der Waals surface area contributed by atoms with Crippen molar-refractivity contribution in [3.63, 3.8) is 0 Å². The second-order valence-corrected chi connectivity index (χ2v) is 8.05. The van der Waals surface area contributed by atoms with Gasteiger partial charge in [-0.25, -0.2) is 15.0 Å². The van der Waals surface area contributed by atoms with E-state index >= 15 is 0 Å². The Morgan fingerprint density at radius 2 is 1.96 bits per heavy atom. The number of benzene rings is 2. The number of hydrogen-bond donors (Lipinski definition) is 2. The molecule has 0 spiro atoms. The lowest BCUT2D eigenvalue weighted by Gasteiger charge is -2.30. The Hall–Kier alpha value is -3.19. The molecule has 0 radical (unpaired) electrons. The highest BCUT2D eigenvalue weighted by Gasteiger charge is 2.21. The van der Waals surface area contributed by atoms with Crippen molar-refractivity contribution in [1.82, 2.24) is 15.0 Å². The largest absolute Gasteiger partial charge is 0.393 e. The highest BCUT2D eigenvalue weighted by molar-refractivity contribution is 7.22. The van der Waals surface area contributed by atoms with Gasteiger partial charge in [0.1, 0.15) is 12.0 Å². The number of nitrogens with zero attached hydrogens (tertiary/aromatic N) is 4. The van der Waals surface area contributed by atoms with Crippen LogP contribution in [0.3, 0.4) is 0 Å². The molecule has 5 rings (SSSR count). The van der Waals surface area contributed by atoms with Crippen LogP contribution in [0, 0.1) is 6.92 Å². The van der Waals surface area contributed by atoms with E-state index < -0.39 is 0 Å². The van der Waals surface area contributed by atoms with Crippen molar-refractivity contribution in [3.8, 4) is 0 Å². The summed E-state index contributed by atoms with van der Waals surface area (Å²) in [7, 11) is 0. The van der Waals surface area contributed by atoms with Gasteiger partial charge in [0.15, 0.2) is 16.8 Å². The lowest BCUT2D eigenvalue weighted by atomic mass is 10.00. The maximum atomic E-state index is 6.45. The summed E-state index contributed by atoms with van der Waals surface area (Å²) >= 11 is 1.60. The number of anilines is 4. The average molecular weight is 389 g/mol. The Bertz CT molecular complexity index is 1170. The van der Waals surface area contributed by atoms with Gasteiger partial charge in [-0.15, -0.1) is 0 Å². The SMILES string of the molecule is Cc1ccc2nc(Nc3ncnc(N4CCc5ccccc5C4)c3N)sc2c1. The molecule has 140 valence electrons. The number of thiazole rings is 1. The van der Waals surface area contributed by atoms with E-state index in [2.05, 4.69) is 68.5 Å². The first-order chi connectivity index (χ1) is 13.7. The molecule has 3 heterocycles. The van der Waals surface area contributed by atoms with E-state index in [-0.39, 0.29) is 0 Å². The number of nitrogens with one attached hydrogen (secondary N) is 1. The molecule has 28 heavy (non-hydrogen) atoms. The van der Waals surface area contributed by atoms with Gasteiger partial charge in [0, 0.05) is 13.1 Å². The van der Waals surface area contributed by atoms with Crippen molar-refractivity contribution in [2.75, 3.05) is 22.5 Å². The van der Waals surface area contributed by atoms with E-state index in [0.717, 1.165) is 40.7 Å². The minimum atomic E-state index is 0.553. The molecule has 2 aromatic heterocycles. The monoisotopic (exact) mass is 388 g/mol. The summed E-state index contributed by atoms with van der Waals surface area (Å²) in [6, 6.07) is 14.8. The van der Waals surface area contributed by atoms with Gasteiger partial charge in [0.05, 0.1) is 10.2 Å². The molecule has 3 N–H and O–H groups in total. The zero-order chi connectivity index (χ0) is 19.1. The topological polar surface area (TPSA) is 80.0 Å². The molecule has 4 aromatic rings. The van der Waals surface area contributed by atoms with Crippen molar-refractivity contribution < 1.29 is 0 Å². The van der Waals surface area contributed by atoms with Gasteiger partial charge in [-0.2, -0.15) is 0 Å². The maximum absolute atomic E-state index is 6.45. The number of nitrogen functional groups attached to an aromatic ring is 1. The summed E-state index contributed by atoms with van der Waals surface area (Å²) in [6.45, 7) is 3.77. The van der Waals surface area contributed by atoms with Gasteiger partial charge in [0.25, 0.3) is 0 Å². The van der Waals surface area contributed by atoms with E-state index in [1.54, 1.807) is 17.7 Å². The van der Waals surface area contributed by atoms with Gasteiger partial charge >= 0.3 is 0 Å². The summed E-state index contributed by atoms with van der Waals surface area (Å²) in [5.74, 6) is 1.36. The molecule has 0 amide bonds. The van der Waals surface area contributed by atoms with E-state index in [4.69, 9.17) is 5.73 Å². The molecule has 0 aliphatic carbocycles. The van der Waals surface area contributed by atoms with Gasteiger partial charge in [-0.1, -0.05) is 41.7 Å². The third kappa shape index (κ3) is 3.03. The van der Waals surface area contributed by atoms with Crippen LogP contribution in [0.1, 0.15) is 16.7 Å². The lowest BCUT2D eigenvalue weighted by Crippen LogP contribution is -2.31. The van der Waals surface area contributed by atoms with E-state index in [1.807, 2.05) is 6.07 Å². The zero-order valence-electron chi connectivity index (χ0n) is 15.5. The van der Waals surface area contributed by atoms with Crippen LogP contribution in [-0.4, -0.2) is 21.5 Å². The van der Waals surface area contributed by atoms with Crippen LogP contribution in [-0.2, 0) is 13.0 Å². The Morgan fingerprint density at radius 1 is 1.11 bits per heavy atom. The highest BCUT2D eigenvalue weighted by Crippen LogP contribution is 2.34. The van der Waals surface area contributed by atoms with Crippen molar-refractivity contribution in [2.24, 2.45) is 0 Å². The molecule has 7 heteroatoms. The molecule has 1 aliphatic rings. The van der Waals surface area contributed by atoms with E-state index in [0.29, 0.717) is 11.5 Å². The molecule has 0 atom stereocenters. The summed E-state index contributed by atoms with van der Waals surface area (Å²) in [4.78, 5) is 15.7. The van der Waals surface area contributed by atoms with Crippen molar-refractivity contribution >= 4 is 44.0 Å². The quantitative estimate of drug-likeness (QED) is 0.545. The first kappa shape index (κ1) is 16.9. The van der Waals surface area contributed by atoms with Crippen LogP contribution < -0.4 is 16.0 Å². The molecule has 1 aliphatic heterocycles. The van der Waals surface area contributed by atoms with Crippen molar-refractivity contribution in [2.45, 2.75) is 19.9 Å². The van der Waals surface area contributed by atoms with Crippen molar-refractivity contribution in [3.05, 3.63) is 65.5 Å². The van der Waals surface area contributed by atoms with Gasteiger partial charge in [-0.3, -0.25) is 0 Å². The first-order valence-corrected chi connectivity index (χ1v) is 10.1. The first-order valence-electron chi connectivity index (χ1n) is 9.24. The fourth-order valence-corrected chi connectivity index (χ4v) is 4.56. The number of nitrogens with two attached hydrogens (primary N) is 1. The molecule has 0 saturated carbocycles. The lowest BCUT2D eigenvalue weighted by molar-refractivity contribution is 0.721. The smallest absolute Gasteiger partial charge is 0.189 e. The number of fused-ring (bicyclic) bond motifs is 2. The Balaban J connectivity index is 1.44. The van der Waals surface area contributed by atoms with Gasteiger partial charge in [-0.05, 0) is 42.2 Å². The Kier molecular flexibility index (Phi) is 4.09. The van der Waals surface area contributed by atoms with E-state index in [1.165, 1.54) is 16.7 Å². The minimum absolute atomic E-state index is 0.553. The molecule has 0 bridgehead atoms. The normalized spacial score (nSPS) is 13.5. The second kappa shape index (κ2) is 6.76. The third-order valence-electron chi connectivity index (χ3n) is 5.06. The van der Waals surface area contributed by atoms with Crippen LogP contribution in [0.5, 0.6) is 0 Å². The van der Waals surface area contributed by atoms with E-state index in [9.17, 15) is 0 Å².